The highest BCUT2D eigenvalue weighted by Gasteiger charge is 2.21. The van der Waals surface area contributed by atoms with E-state index in [1.165, 1.54) is 17.4 Å². The van der Waals surface area contributed by atoms with Gasteiger partial charge in [-0.05, 0) is 36.8 Å². The van der Waals surface area contributed by atoms with Gasteiger partial charge < -0.3 is 15.5 Å². The monoisotopic (exact) mass is 421 g/mol. The molecule has 0 saturated heterocycles. The Morgan fingerprint density at radius 3 is 2.79 bits per heavy atom. The lowest BCUT2D eigenvalue weighted by molar-refractivity contribution is -0.0294. The summed E-state index contributed by atoms with van der Waals surface area (Å²) in [6.45, 7) is 5.03. The molecule has 0 fully saturated rings. The molecule has 1 unspecified atom stereocenters. The van der Waals surface area contributed by atoms with Crippen LogP contribution in [0.2, 0.25) is 0 Å². The lowest BCUT2D eigenvalue weighted by Crippen LogP contribution is -2.30. The molecule has 0 bridgehead atoms. The molecule has 1 atom stereocenters. The Morgan fingerprint density at radius 2 is 2.10 bits per heavy atom. The summed E-state index contributed by atoms with van der Waals surface area (Å²) in [4.78, 5) is 22.4. The Balaban J connectivity index is 0.00000145. The maximum atomic E-state index is 14.2. The van der Waals surface area contributed by atoms with E-state index in [1.807, 2.05) is 13.8 Å². The number of aliphatic hydroxyl groups is 2. The first-order valence-electron chi connectivity index (χ1n) is 9.11. The van der Waals surface area contributed by atoms with Gasteiger partial charge in [-0.3, -0.25) is 9.63 Å². The summed E-state index contributed by atoms with van der Waals surface area (Å²) in [6.07, 6.45) is 0.496. The predicted molar refractivity (Wildman–Crippen MR) is 112 cm³/mol. The second-order valence-corrected chi connectivity index (χ2v) is 6.85. The molecule has 156 valence electrons. The van der Waals surface area contributed by atoms with E-state index in [2.05, 4.69) is 15.8 Å². The van der Waals surface area contributed by atoms with Gasteiger partial charge in [-0.25, -0.2) is 14.9 Å². The number of nitrogens with zero attached hydrogens (tertiary/aromatic N) is 1. The number of aromatic nitrogens is 1. The van der Waals surface area contributed by atoms with E-state index in [4.69, 9.17) is 9.94 Å². The minimum atomic E-state index is -1.11. The number of benzene rings is 1. The van der Waals surface area contributed by atoms with Gasteiger partial charge >= 0.3 is 0 Å². The van der Waals surface area contributed by atoms with Crippen molar-refractivity contribution in [2.75, 3.05) is 18.5 Å². The Hall–Kier alpha value is -2.59. The molecule has 2 aromatic heterocycles. The van der Waals surface area contributed by atoms with E-state index in [0.717, 1.165) is 5.56 Å². The molecule has 2 heterocycles. The number of nitrogens with one attached hydrogen (secondary N) is 2. The van der Waals surface area contributed by atoms with E-state index < -0.39 is 24.4 Å². The molecular formula is C20H24FN3O4S. The van der Waals surface area contributed by atoms with Crippen molar-refractivity contribution in [3.8, 4) is 0 Å². The smallest absolute Gasteiger partial charge is 0.278 e. The zero-order valence-electron chi connectivity index (χ0n) is 16.4. The molecule has 0 saturated carbocycles. The molecule has 29 heavy (non-hydrogen) atoms. The van der Waals surface area contributed by atoms with Crippen LogP contribution in [0, 0.1) is 12.7 Å². The van der Waals surface area contributed by atoms with Crippen LogP contribution in [0.1, 0.15) is 29.8 Å². The van der Waals surface area contributed by atoms with Gasteiger partial charge in [-0.15, -0.1) is 0 Å². The summed E-state index contributed by atoms with van der Waals surface area (Å²) < 4.78 is 14.2. The zero-order chi connectivity index (χ0) is 21.4. The molecule has 0 spiro atoms. The third-order valence-corrected chi connectivity index (χ3v) is 4.75. The quantitative estimate of drug-likeness (QED) is 0.435. The normalized spacial score (nSPS) is 11.5. The van der Waals surface area contributed by atoms with Crippen LogP contribution < -0.4 is 10.8 Å². The van der Waals surface area contributed by atoms with Crippen molar-refractivity contribution in [1.29, 1.82) is 0 Å². The van der Waals surface area contributed by atoms with Crippen LogP contribution in [0.3, 0.4) is 0 Å². The van der Waals surface area contributed by atoms with Gasteiger partial charge in [0.2, 0.25) is 0 Å². The molecule has 9 heteroatoms. The highest BCUT2D eigenvalue weighted by Crippen LogP contribution is 2.36. The Labute approximate surface area is 172 Å². The van der Waals surface area contributed by atoms with Crippen molar-refractivity contribution >= 4 is 38.1 Å². The summed E-state index contributed by atoms with van der Waals surface area (Å²) in [5.41, 5.74) is 3.50. The number of hydrogen-bond donors (Lipinski definition) is 4. The van der Waals surface area contributed by atoms with Gasteiger partial charge in [-0.2, -0.15) is 0 Å². The molecular weight excluding hydrogens is 397 g/mol. The minimum Gasteiger partial charge on any atom is -0.394 e. The van der Waals surface area contributed by atoms with Gasteiger partial charge in [0, 0.05) is 11.6 Å². The van der Waals surface area contributed by atoms with Gasteiger partial charge in [-0.1, -0.05) is 31.3 Å². The topological polar surface area (TPSA) is 104 Å². The fourth-order valence-corrected chi connectivity index (χ4v) is 3.45. The van der Waals surface area contributed by atoms with Gasteiger partial charge in [0.1, 0.15) is 28.4 Å². The number of halogens is 1. The summed E-state index contributed by atoms with van der Waals surface area (Å²) in [7, 11) is 0. The standard InChI is InChI=1S/C18H18FN3O4S.C2H6/c1-10-4-5-14(13(19)7-10)21-18-15(12-3-2-6-20-17(12)27-18)16(25)22-26-9-11(24)8-23;1-2/h2-7,11,21,23-24H,8-9H2,1H3,(H,22,25);1-2H3. The minimum absolute atomic E-state index is 0.234. The number of rotatable bonds is 7. The van der Waals surface area contributed by atoms with Gasteiger partial charge in [0.15, 0.2) is 0 Å². The average Bonchev–Trinajstić information content (AvgIpc) is 3.09. The molecule has 7 nitrogen and oxygen atoms in total. The molecule has 4 N–H and O–H groups in total. The number of fused-ring (bicyclic) bond motifs is 1. The van der Waals surface area contributed by atoms with Crippen LogP contribution in [0.4, 0.5) is 15.1 Å². The highest BCUT2D eigenvalue weighted by molar-refractivity contribution is 7.23. The molecule has 3 aromatic rings. The Kier molecular flexibility index (Phi) is 8.47. The van der Waals surface area contributed by atoms with Crippen LogP contribution in [0.5, 0.6) is 0 Å². The maximum absolute atomic E-state index is 14.2. The molecule has 1 aromatic carbocycles. The third-order valence-electron chi connectivity index (χ3n) is 3.72. The number of amides is 1. The van der Waals surface area contributed by atoms with E-state index >= 15 is 0 Å². The molecule has 0 radical (unpaired) electrons. The van der Waals surface area contributed by atoms with E-state index in [-0.39, 0.29) is 17.9 Å². The number of hydroxylamine groups is 1. The maximum Gasteiger partial charge on any atom is 0.278 e. The number of pyridine rings is 1. The van der Waals surface area contributed by atoms with Crippen LogP contribution in [0.25, 0.3) is 10.2 Å². The summed E-state index contributed by atoms with van der Waals surface area (Å²) in [5, 5.41) is 22.0. The second kappa shape index (κ2) is 10.8. The highest BCUT2D eigenvalue weighted by atomic mass is 32.1. The number of aryl methyl sites for hydroxylation is 1. The number of aliphatic hydroxyl groups excluding tert-OH is 2. The number of carbonyl (C=O) groups is 1. The fraction of sp³-hybridized carbons (Fsp3) is 0.300. The van der Waals surface area contributed by atoms with Crippen molar-refractivity contribution in [1.82, 2.24) is 10.5 Å². The lowest BCUT2D eigenvalue weighted by atomic mass is 10.2. The first kappa shape index (κ1) is 22.7. The first-order chi connectivity index (χ1) is 14.0. The number of carbonyl (C=O) groups excluding carboxylic acids is 1. The summed E-state index contributed by atoms with van der Waals surface area (Å²) in [6, 6.07) is 8.17. The molecule has 3 rings (SSSR count). The molecule has 0 aliphatic heterocycles. The Morgan fingerprint density at radius 1 is 1.34 bits per heavy atom. The Bertz CT molecular complexity index is 964. The van der Waals surface area contributed by atoms with Crippen molar-refractivity contribution in [2.24, 2.45) is 0 Å². The van der Waals surface area contributed by atoms with E-state index in [1.54, 1.807) is 37.4 Å². The van der Waals surface area contributed by atoms with Crippen LogP contribution in [0.15, 0.2) is 36.5 Å². The summed E-state index contributed by atoms with van der Waals surface area (Å²) in [5.74, 6) is -1.01. The molecule has 0 aliphatic carbocycles. The van der Waals surface area contributed by atoms with Crippen molar-refractivity contribution in [3.63, 3.8) is 0 Å². The van der Waals surface area contributed by atoms with Crippen molar-refractivity contribution in [3.05, 3.63) is 53.5 Å². The van der Waals surface area contributed by atoms with Gasteiger partial charge in [0.25, 0.3) is 5.91 Å². The van der Waals surface area contributed by atoms with E-state index in [0.29, 0.717) is 15.2 Å². The van der Waals surface area contributed by atoms with Crippen molar-refractivity contribution < 1.29 is 24.2 Å². The summed E-state index contributed by atoms with van der Waals surface area (Å²) >= 11 is 1.21. The largest absolute Gasteiger partial charge is 0.394 e. The van der Waals surface area contributed by atoms with Crippen molar-refractivity contribution in [2.45, 2.75) is 26.9 Å². The molecule has 1 amide bonds. The van der Waals surface area contributed by atoms with Crippen LogP contribution >= 0.6 is 11.3 Å². The van der Waals surface area contributed by atoms with Crippen LogP contribution in [-0.4, -0.2) is 40.4 Å². The second-order valence-electron chi connectivity index (χ2n) is 5.85. The molecule has 0 aliphatic rings. The van der Waals surface area contributed by atoms with Gasteiger partial charge in [0.05, 0.1) is 17.9 Å². The fourth-order valence-electron chi connectivity index (χ4n) is 2.40. The number of hydrogen-bond acceptors (Lipinski definition) is 7. The van der Waals surface area contributed by atoms with Crippen LogP contribution in [-0.2, 0) is 4.84 Å². The first-order valence-corrected chi connectivity index (χ1v) is 9.93. The predicted octanol–water partition coefficient (Wildman–Crippen LogP) is 3.53. The SMILES string of the molecule is CC.Cc1ccc(Nc2sc3ncccc3c2C(=O)NOCC(O)CO)c(F)c1. The number of anilines is 2. The van der Waals surface area contributed by atoms with E-state index in [9.17, 15) is 14.3 Å². The third kappa shape index (κ3) is 5.70. The lowest BCUT2D eigenvalue weighted by Gasteiger charge is -2.11. The number of thiophene rings is 1. The zero-order valence-corrected chi connectivity index (χ0v) is 17.2. The average molecular weight is 421 g/mol.